The van der Waals surface area contributed by atoms with Crippen LogP contribution in [0.5, 0.6) is 0 Å². The van der Waals surface area contributed by atoms with Crippen LogP contribution < -0.4 is 5.32 Å². The molecule has 2 aliphatic rings. The number of rotatable bonds is 6. The van der Waals surface area contributed by atoms with Crippen LogP contribution in [0.1, 0.15) is 73.8 Å². The molecule has 0 saturated carbocycles. The maximum atomic E-state index is 13.8. The van der Waals surface area contributed by atoms with Gasteiger partial charge in [-0.3, -0.25) is 9.80 Å². The zero-order chi connectivity index (χ0) is 31.5. The van der Waals surface area contributed by atoms with Crippen LogP contribution in [0.25, 0.3) is 0 Å². The highest BCUT2D eigenvalue weighted by molar-refractivity contribution is 5.89. The lowest BCUT2D eigenvalue weighted by atomic mass is 9.82. The minimum atomic E-state index is -1.76. The predicted octanol–water partition coefficient (Wildman–Crippen LogP) is 4.60. The number of likely N-dealkylation sites (tertiary alicyclic amines) is 1. The summed E-state index contributed by atoms with van der Waals surface area (Å²) < 4.78 is 28.2. The van der Waals surface area contributed by atoms with E-state index in [0.717, 1.165) is 5.56 Å². The summed E-state index contributed by atoms with van der Waals surface area (Å²) in [5.41, 5.74) is -3.87. The molecule has 0 aromatic heterocycles. The Morgan fingerprint density at radius 3 is 2.19 bits per heavy atom. The number of hydrogen-bond acceptors (Lipinski definition) is 9. The zero-order valence-corrected chi connectivity index (χ0v) is 26.1. The van der Waals surface area contributed by atoms with Crippen LogP contribution in [-0.2, 0) is 35.1 Å². The number of carbonyl (C=O) groups is 4. The van der Waals surface area contributed by atoms with Crippen LogP contribution in [0.15, 0.2) is 30.3 Å². The number of esters is 1. The molecule has 2 heterocycles. The summed E-state index contributed by atoms with van der Waals surface area (Å²) in [5, 5.41) is 2.82. The first-order chi connectivity index (χ1) is 19.4. The molecule has 12 nitrogen and oxygen atoms in total. The Labute approximate surface area is 247 Å². The molecule has 0 bridgehead atoms. The fourth-order valence-corrected chi connectivity index (χ4v) is 5.44. The molecule has 0 radical (unpaired) electrons. The Morgan fingerprint density at radius 1 is 1.00 bits per heavy atom. The standard InChI is InChI=1S/C30H45N3O9/c1-27(2,3)41-24(35)31-22(21-19-40-29(7,8)33(21)26(37)42-28(4,5)6)30(23(34)38-9)16-13-17-32(30)25(36)39-18-20-14-11-10-12-15-20/h10-12,14-15,21-22H,13,16-19H2,1-9H3,(H,31,35)/t21-,22+,30-/m0/s1. The van der Waals surface area contributed by atoms with E-state index in [9.17, 15) is 19.2 Å². The second-order valence-electron chi connectivity index (χ2n) is 13.0. The number of amides is 3. The van der Waals surface area contributed by atoms with Gasteiger partial charge in [0.05, 0.1) is 25.8 Å². The van der Waals surface area contributed by atoms with E-state index >= 15 is 0 Å². The summed E-state index contributed by atoms with van der Waals surface area (Å²) in [6.45, 7) is 13.7. The van der Waals surface area contributed by atoms with Crippen LogP contribution in [0.2, 0.25) is 0 Å². The average Bonchev–Trinajstić information content (AvgIpc) is 3.45. The minimum Gasteiger partial charge on any atom is -0.467 e. The van der Waals surface area contributed by atoms with Crippen molar-refractivity contribution in [2.75, 3.05) is 20.3 Å². The average molecular weight is 592 g/mol. The van der Waals surface area contributed by atoms with E-state index in [-0.39, 0.29) is 26.2 Å². The van der Waals surface area contributed by atoms with E-state index in [1.54, 1.807) is 55.4 Å². The molecule has 2 aliphatic heterocycles. The van der Waals surface area contributed by atoms with E-state index < -0.39 is 58.8 Å². The van der Waals surface area contributed by atoms with Gasteiger partial charge in [0.25, 0.3) is 0 Å². The Hall–Kier alpha value is -3.54. The lowest BCUT2D eigenvalue weighted by Gasteiger charge is -2.46. The van der Waals surface area contributed by atoms with E-state index in [2.05, 4.69) is 5.32 Å². The Kier molecular flexibility index (Phi) is 9.71. The van der Waals surface area contributed by atoms with Crippen molar-refractivity contribution in [3.63, 3.8) is 0 Å². The highest BCUT2D eigenvalue weighted by atomic mass is 16.6. The summed E-state index contributed by atoms with van der Waals surface area (Å²) in [6.07, 6.45) is -1.78. The third-order valence-electron chi connectivity index (χ3n) is 7.07. The van der Waals surface area contributed by atoms with Gasteiger partial charge in [-0.15, -0.1) is 0 Å². The lowest BCUT2D eigenvalue weighted by Crippen LogP contribution is -2.72. The molecule has 42 heavy (non-hydrogen) atoms. The Balaban J connectivity index is 2.10. The highest BCUT2D eigenvalue weighted by Crippen LogP contribution is 2.41. The second kappa shape index (κ2) is 12.4. The van der Waals surface area contributed by atoms with Crippen LogP contribution in [0, 0.1) is 0 Å². The van der Waals surface area contributed by atoms with Crippen LogP contribution in [0.4, 0.5) is 14.4 Å². The van der Waals surface area contributed by atoms with E-state index in [1.165, 1.54) is 16.9 Å². The number of alkyl carbamates (subject to hydrolysis) is 1. The normalized spacial score (nSPS) is 22.7. The summed E-state index contributed by atoms with van der Waals surface area (Å²) >= 11 is 0. The smallest absolute Gasteiger partial charge is 0.412 e. The van der Waals surface area contributed by atoms with Crippen molar-refractivity contribution >= 4 is 24.2 Å². The van der Waals surface area contributed by atoms with Crippen molar-refractivity contribution in [3.8, 4) is 0 Å². The number of methoxy groups -OCH3 is 1. The summed E-state index contributed by atoms with van der Waals surface area (Å²) in [5.74, 6) is -0.772. The van der Waals surface area contributed by atoms with E-state index in [4.69, 9.17) is 23.7 Å². The van der Waals surface area contributed by atoms with Crippen molar-refractivity contribution < 1.29 is 42.9 Å². The first kappa shape index (κ1) is 33.0. The molecule has 1 aromatic rings. The van der Waals surface area contributed by atoms with Gasteiger partial charge in [0.2, 0.25) is 0 Å². The topological polar surface area (TPSA) is 133 Å². The van der Waals surface area contributed by atoms with Crippen molar-refractivity contribution in [2.24, 2.45) is 0 Å². The molecule has 3 rings (SSSR count). The number of hydrogen-bond donors (Lipinski definition) is 1. The number of benzene rings is 1. The van der Waals surface area contributed by atoms with Crippen molar-refractivity contribution in [2.45, 2.75) is 109 Å². The van der Waals surface area contributed by atoms with Gasteiger partial charge in [0.1, 0.15) is 23.5 Å². The molecule has 2 saturated heterocycles. The first-order valence-electron chi connectivity index (χ1n) is 14.1. The van der Waals surface area contributed by atoms with Gasteiger partial charge in [-0.05, 0) is 73.8 Å². The number of carbonyl (C=O) groups excluding carboxylic acids is 4. The van der Waals surface area contributed by atoms with E-state index in [0.29, 0.717) is 6.42 Å². The van der Waals surface area contributed by atoms with Gasteiger partial charge in [0.15, 0.2) is 5.54 Å². The highest BCUT2D eigenvalue weighted by Gasteiger charge is 2.63. The van der Waals surface area contributed by atoms with Gasteiger partial charge >= 0.3 is 24.2 Å². The van der Waals surface area contributed by atoms with Gasteiger partial charge in [-0.2, -0.15) is 0 Å². The van der Waals surface area contributed by atoms with Crippen molar-refractivity contribution in [1.82, 2.24) is 15.1 Å². The molecule has 234 valence electrons. The molecule has 0 unspecified atom stereocenters. The largest absolute Gasteiger partial charge is 0.467 e. The van der Waals surface area contributed by atoms with Gasteiger partial charge in [-0.1, -0.05) is 30.3 Å². The number of ether oxygens (including phenoxy) is 5. The number of nitrogens with zero attached hydrogens (tertiary/aromatic N) is 2. The fraction of sp³-hybridized carbons (Fsp3) is 0.667. The van der Waals surface area contributed by atoms with Gasteiger partial charge in [0, 0.05) is 6.54 Å². The molecular formula is C30H45N3O9. The fourth-order valence-electron chi connectivity index (χ4n) is 5.44. The van der Waals surface area contributed by atoms with Crippen molar-refractivity contribution in [3.05, 3.63) is 35.9 Å². The second-order valence-corrected chi connectivity index (χ2v) is 13.0. The molecule has 0 spiro atoms. The van der Waals surface area contributed by atoms with Crippen LogP contribution in [-0.4, -0.2) is 88.9 Å². The summed E-state index contributed by atoms with van der Waals surface area (Å²) in [6, 6.07) is 6.95. The SMILES string of the molecule is COC(=O)[C@@]1([C@H](NC(=O)OC(C)(C)C)[C@@H]2COC(C)(C)N2C(=O)OC(C)(C)C)CCCN1C(=O)OCc1ccccc1. The molecule has 1 N–H and O–H groups in total. The quantitative estimate of drug-likeness (QED) is 0.372. The van der Waals surface area contributed by atoms with Crippen molar-refractivity contribution in [1.29, 1.82) is 0 Å². The maximum Gasteiger partial charge on any atom is 0.412 e. The monoisotopic (exact) mass is 591 g/mol. The lowest BCUT2D eigenvalue weighted by molar-refractivity contribution is -0.156. The first-order valence-corrected chi connectivity index (χ1v) is 14.1. The van der Waals surface area contributed by atoms with E-state index in [1.807, 2.05) is 30.3 Å². The van der Waals surface area contributed by atoms with Crippen LogP contribution in [0.3, 0.4) is 0 Å². The summed E-state index contributed by atoms with van der Waals surface area (Å²) in [4.78, 5) is 57.0. The van der Waals surface area contributed by atoms with Gasteiger partial charge < -0.3 is 29.0 Å². The van der Waals surface area contributed by atoms with Crippen LogP contribution >= 0.6 is 0 Å². The number of nitrogens with one attached hydrogen (secondary N) is 1. The molecule has 0 aliphatic carbocycles. The Morgan fingerprint density at radius 2 is 1.62 bits per heavy atom. The molecule has 3 amide bonds. The molecule has 2 fully saturated rings. The zero-order valence-electron chi connectivity index (χ0n) is 26.1. The third kappa shape index (κ3) is 7.45. The molecule has 1 aromatic carbocycles. The Bertz CT molecular complexity index is 1140. The maximum absolute atomic E-state index is 13.8. The molecule has 3 atom stereocenters. The minimum absolute atomic E-state index is 0.0266. The predicted molar refractivity (Wildman–Crippen MR) is 152 cm³/mol. The summed E-state index contributed by atoms with van der Waals surface area (Å²) in [7, 11) is 1.21. The third-order valence-corrected chi connectivity index (χ3v) is 7.07. The molecule has 12 heteroatoms. The molecular weight excluding hydrogens is 546 g/mol. The van der Waals surface area contributed by atoms with Gasteiger partial charge in [-0.25, -0.2) is 19.2 Å².